The van der Waals surface area contributed by atoms with E-state index in [4.69, 9.17) is 14.7 Å². The van der Waals surface area contributed by atoms with Crippen molar-refractivity contribution in [1.82, 2.24) is 29.7 Å². The molecule has 182 valence electrons. The molecule has 0 bridgehead atoms. The first-order valence-corrected chi connectivity index (χ1v) is 12.0. The molecule has 3 heterocycles. The van der Waals surface area contributed by atoms with Crippen LogP contribution in [0.15, 0.2) is 12.4 Å². The van der Waals surface area contributed by atoms with E-state index in [0.717, 1.165) is 29.8 Å². The van der Waals surface area contributed by atoms with Crippen LogP contribution in [0.25, 0.3) is 11.2 Å². The highest BCUT2D eigenvalue weighted by Gasteiger charge is 2.38. The number of ether oxygens (including phenoxy) is 1. The van der Waals surface area contributed by atoms with E-state index in [2.05, 4.69) is 15.1 Å². The van der Waals surface area contributed by atoms with Gasteiger partial charge in [-0.1, -0.05) is 0 Å². The monoisotopic (exact) mass is 471 g/mol. The van der Waals surface area contributed by atoms with Gasteiger partial charge in [0.2, 0.25) is 5.95 Å². The molecule has 0 amide bonds. The predicted molar refractivity (Wildman–Crippen MR) is 125 cm³/mol. The summed E-state index contributed by atoms with van der Waals surface area (Å²) in [6.45, 7) is 6.90. The number of fused-ring (bicyclic) bond motifs is 1. The number of hydrogen-bond donors (Lipinski definition) is 0. The van der Waals surface area contributed by atoms with Gasteiger partial charge in [0.25, 0.3) is 0 Å². The lowest BCUT2D eigenvalue weighted by molar-refractivity contribution is 0.108. The summed E-state index contributed by atoms with van der Waals surface area (Å²) in [5.41, 5.74) is 4.09. The zero-order valence-corrected chi connectivity index (χ0v) is 20.1. The van der Waals surface area contributed by atoms with Gasteiger partial charge in [-0.15, -0.1) is 0 Å². The van der Waals surface area contributed by atoms with Crippen molar-refractivity contribution in [2.75, 3.05) is 25.1 Å². The summed E-state index contributed by atoms with van der Waals surface area (Å²) >= 11 is 0. The molecule has 3 aromatic rings. The second-order valence-electron chi connectivity index (χ2n) is 9.42. The van der Waals surface area contributed by atoms with Crippen molar-refractivity contribution in [3.63, 3.8) is 0 Å². The first-order valence-electron chi connectivity index (χ1n) is 12.0. The molecule has 0 aromatic carbocycles. The quantitative estimate of drug-likeness (QED) is 0.483. The SMILES string of the molecule is CCN(CC(OC)c1cnn(C2CC2)c1)c1nc(C2CC(F)C(F)C2)c2nc(C)c(C)nc2n1. The molecular formula is C24H31F2N7O. The normalized spacial score (nSPS) is 23.5. The van der Waals surface area contributed by atoms with Gasteiger partial charge in [-0.3, -0.25) is 4.68 Å². The lowest BCUT2D eigenvalue weighted by Crippen LogP contribution is -2.31. The summed E-state index contributed by atoms with van der Waals surface area (Å²) in [4.78, 5) is 20.8. The van der Waals surface area contributed by atoms with Gasteiger partial charge in [0.1, 0.15) is 24.0 Å². The molecule has 3 unspecified atom stereocenters. The summed E-state index contributed by atoms with van der Waals surface area (Å²) in [5.74, 6) is 0.108. The van der Waals surface area contributed by atoms with Crippen LogP contribution in [0, 0.1) is 13.8 Å². The second kappa shape index (κ2) is 9.13. The largest absolute Gasteiger partial charge is 0.375 e. The van der Waals surface area contributed by atoms with Crippen molar-refractivity contribution in [3.05, 3.63) is 35.0 Å². The van der Waals surface area contributed by atoms with Crippen molar-refractivity contribution < 1.29 is 13.5 Å². The maximum Gasteiger partial charge on any atom is 0.227 e. The summed E-state index contributed by atoms with van der Waals surface area (Å²) in [7, 11) is 1.68. The number of hydrogen-bond acceptors (Lipinski definition) is 7. The molecule has 34 heavy (non-hydrogen) atoms. The molecule has 2 saturated carbocycles. The first kappa shape index (κ1) is 23.0. The Balaban J connectivity index is 1.50. The highest BCUT2D eigenvalue weighted by atomic mass is 19.2. The Bertz CT molecular complexity index is 1170. The number of aromatic nitrogens is 6. The van der Waals surface area contributed by atoms with Gasteiger partial charge in [-0.25, -0.2) is 23.7 Å². The van der Waals surface area contributed by atoms with Crippen molar-refractivity contribution in [1.29, 1.82) is 0 Å². The number of likely N-dealkylation sites (N-methyl/N-ethyl adjacent to an activating group) is 1. The molecule has 0 saturated heterocycles. The van der Waals surface area contributed by atoms with Crippen LogP contribution in [-0.4, -0.2) is 62.3 Å². The molecule has 2 aliphatic carbocycles. The van der Waals surface area contributed by atoms with Crippen molar-refractivity contribution >= 4 is 17.1 Å². The van der Waals surface area contributed by atoms with Gasteiger partial charge >= 0.3 is 0 Å². The number of alkyl halides is 2. The molecule has 3 aromatic heterocycles. The Hall–Kier alpha value is -2.75. The molecule has 2 aliphatic rings. The standard InChI is InChI=1S/C24H31F2N7O/c1-5-32(12-20(34-4)16-10-27-33(11-16)17-6-7-17)24-30-21(15-8-18(25)19(26)9-15)22-23(31-24)29-14(3)13(2)28-22/h10-11,15,17-20H,5-9,12H2,1-4H3. The van der Waals surface area contributed by atoms with Gasteiger partial charge < -0.3 is 9.64 Å². The Labute approximate surface area is 197 Å². The highest BCUT2D eigenvalue weighted by molar-refractivity contribution is 5.75. The van der Waals surface area contributed by atoms with Gasteiger partial charge in [0.15, 0.2) is 5.65 Å². The lowest BCUT2D eigenvalue weighted by atomic mass is 10.0. The van der Waals surface area contributed by atoms with Gasteiger partial charge in [-0.05, 0) is 46.5 Å². The molecule has 3 atom stereocenters. The number of halogens is 2. The van der Waals surface area contributed by atoms with Crippen LogP contribution in [0.3, 0.4) is 0 Å². The summed E-state index contributed by atoms with van der Waals surface area (Å²) in [6, 6.07) is 0.496. The predicted octanol–water partition coefficient (Wildman–Crippen LogP) is 4.34. The minimum atomic E-state index is -1.49. The van der Waals surface area contributed by atoms with Crippen LogP contribution in [-0.2, 0) is 4.74 Å². The van der Waals surface area contributed by atoms with E-state index in [9.17, 15) is 8.78 Å². The van der Waals surface area contributed by atoms with Crippen LogP contribution >= 0.6 is 0 Å². The van der Waals surface area contributed by atoms with E-state index in [1.54, 1.807) is 7.11 Å². The molecule has 10 heteroatoms. The second-order valence-corrected chi connectivity index (χ2v) is 9.42. The van der Waals surface area contributed by atoms with E-state index in [-0.39, 0.29) is 24.9 Å². The summed E-state index contributed by atoms with van der Waals surface area (Å²) < 4.78 is 36.0. The summed E-state index contributed by atoms with van der Waals surface area (Å²) in [6.07, 6.45) is 3.21. The van der Waals surface area contributed by atoms with Gasteiger partial charge in [0.05, 0.1) is 35.9 Å². The maximum absolute atomic E-state index is 14.1. The lowest BCUT2D eigenvalue weighted by Gasteiger charge is -2.26. The molecule has 0 radical (unpaired) electrons. The summed E-state index contributed by atoms with van der Waals surface area (Å²) in [5, 5.41) is 4.49. The van der Waals surface area contributed by atoms with E-state index < -0.39 is 12.3 Å². The van der Waals surface area contributed by atoms with E-state index in [1.807, 2.05) is 42.7 Å². The number of aryl methyl sites for hydroxylation is 2. The Morgan fingerprint density at radius 3 is 2.44 bits per heavy atom. The zero-order chi connectivity index (χ0) is 24.0. The van der Waals surface area contributed by atoms with Crippen molar-refractivity contribution in [2.45, 2.75) is 76.9 Å². The third kappa shape index (κ3) is 4.35. The fourth-order valence-electron chi connectivity index (χ4n) is 4.63. The zero-order valence-electron chi connectivity index (χ0n) is 20.1. The Kier molecular flexibility index (Phi) is 6.18. The van der Waals surface area contributed by atoms with Crippen molar-refractivity contribution in [2.24, 2.45) is 0 Å². The van der Waals surface area contributed by atoms with E-state index >= 15 is 0 Å². The van der Waals surface area contributed by atoms with Gasteiger partial charge in [0, 0.05) is 31.3 Å². The third-order valence-corrected chi connectivity index (χ3v) is 7.01. The fraction of sp³-hybridized carbons (Fsp3) is 0.625. The molecule has 0 N–H and O–H groups in total. The highest BCUT2D eigenvalue weighted by Crippen LogP contribution is 2.40. The van der Waals surface area contributed by atoms with Crippen LogP contribution in [0.5, 0.6) is 0 Å². The van der Waals surface area contributed by atoms with E-state index in [0.29, 0.717) is 41.9 Å². The maximum atomic E-state index is 14.1. The third-order valence-electron chi connectivity index (χ3n) is 7.01. The number of anilines is 1. The van der Waals surface area contributed by atoms with Crippen LogP contribution in [0.1, 0.15) is 73.3 Å². The molecule has 8 nitrogen and oxygen atoms in total. The number of nitrogens with zero attached hydrogens (tertiary/aromatic N) is 7. The minimum Gasteiger partial charge on any atom is -0.375 e. The first-order chi connectivity index (χ1) is 16.4. The topological polar surface area (TPSA) is 81.9 Å². The average molecular weight is 472 g/mol. The molecule has 0 aliphatic heterocycles. The number of methoxy groups -OCH3 is 1. The van der Waals surface area contributed by atoms with Crippen LogP contribution in [0.2, 0.25) is 0 Å². The number of rotatable bonds is 8. The smallest absolute Gasteiger partial charge is 0.227 e. The fourth-order valence-corrected chi connectivity index (χ4v) is 4.63. The van der Waals surface area contributed by atoms with Gasteiger partial charge in [-0.2, -0.15) is 10.1 Å². The molecule has 5 rings (SSSR count). The minimum absolute atomic E-state index is 0.0918. The Morgan fingerprint density at radius 1 is 1.09 bits per heavy atom. The van der Waals surface area contributed by atoms with Crippen LogP contribution < -0.4 is 4.90 Å². The van der Waals surface area contributed by atoms with Crippen molar-refractivity contribution in [3.8, 4) is 0 Å². The van der Waals surface area contributed by atoms with Crippen LogP contribution in [0.4, 0.5) is 14.7 Å². The molecule has 2 fully saturated rings. The molecular weight excluding hydrogens is 440 g/mol. The Morgan fingerprint density at radius 2 is 1.79 bits per heavy atom. The average Bonchev–Trinajstić information content (AvgIpc) is 3.46. The molecule has 0 spiro atoms. The van der Waals surface area contributed by atoms with E-state index in [1.165, 1.54) is 0 Å².